The Morgan fingerprint density at radius 3 is 2.30 bits per heavy atom. The van der Waals surface area contributed by atoms with Crippen LogP contribution in [0.15, 0.2) is 0 Å². The Hall–Kier alpha value is -1.60. The summed E-state index contributed by atoms with van der Waals surface area (Å²) in [5.41, 5.74) is 10.8. The van der Waals surface area contributed by atoms with Crippen LogP contribution in [0.25, 0.3) is 0 Å². The number of nitrogens with two attached hydrogens (primary N) is 2. The fourth-order valence-corrected chi connectivity index (χ4v) is 2.40. The summed E-state index contributed by atoms with van der Waals surface area (Å²) in [4.78, 5) is 42.9. The molecule has 0 aromatic rings. The van der Waals surface area contributed by atoms with E-state index in [0.29, 0.717) is 19.4 Å². The molecule has 0 saturated heterocycles. The molecule has 8 N–H and O–H groups in total. The van der Waals surface area contributed by atoms with E-state index in [1.807, 2.05) is 0 Å². The number of carboxylic acid groups (broad SMARTS) is 1. The lowest BCUT2D eigenvalue weighted by Crippen LogP contribution is -2.34. The van der Waals surface area contributed by atoms with Gasteiger partial charge in [-0.05, 0) is 19.4 Å². The molecule has 0 bridgehead atoms. The number of carbonyl (C=O) groups is 3. The molecule has 0 radical (unpaired) electrons. The molecule has 0 saturated carbocycles. The maximum absolute atomic E-state index is 11.7. The van der Waals surface area contributed by atoms with E-state index in [4.69, 9.17) is 21.7 Å². The van der Waals surface area contributed by atoms with Gasteiger partial charge in [-0.25, -0.2) is 14.2 Å². The Bertz CT molecular complexity index is 544. The molecule has 0 aliphatic carbocycles. The standard InChI is InChI=1S/C13H25N2O11P/c14-4-2-1-3-9(15)12(20)26-27(22,23)24-7-8(6-16)25-13(21)10(17)5-11(18)19/h8-10,16-17H,1-7,14-15H2,(H,18,19)(H,22,23)/t8?,9-,10?/m0/s1. The van der Waals surface area contributed by atoms with Crippen LogP contribution in [0.3, 0.4) is 0 Å². The zero-order valence-corrected chi connectivity index (χ0v) is 15.3. The Labute approximate surface area is 154 Å². The zero-order valence-electron chi connectivity index (χ0n) is 14.4. The van der Waals surface area contributed by atoms with E-state index in [2.05, 4.69) is 13.8 Å². The summed E-state index contributed by atoms with van der Waals surface area (Å²) >= 11 is 0. The molecule has 0 heterocycles. The van der Waals surface area contributed by atoms with Gasteiger partial charge in [0.05, 0.1) is 19.6 Å². The highest BCUT2D eigenvalue weighted by atomic mass is 31.2. The topological polar surface area (TPSA) is 229 Å². The van der Waals surface area contributed by atoms with Crippen molar-refractivity contribution >= 4 is 25.7 Å². The Balaban J connectivity index is 4.49. The quantitative estimate of drug-likeness (QED) is 0.101. The van der Waals surface area contributed by atoms with Gasteiger partial charge < -0.3 is 36.0 Å². The van der Waals surface area contributed by atoms with Gasteiger partial charge in [0, 0.05) is 0 Å². The summed E-state index contributed by atoms with van der Waals surface area (Å²) < 4.78 is 25.0. The minimum atomic E-state index is -4.91. The highest BCUT2D eigenvalue weighted by Gasteiger charge is 2.31. The van der Waals surface area contributed by atoms with E-state index >= 15 is 0 Å². The largest absolute Gasteiger partial charge is 0.529 e. The monoisotopic (exact) mass is 416 g/mol. The Morgan fingerprint density at radius 2 is 1.78 bits per heavy atom. The van der Waals surface area contributed by atoms with Crippen molar-refractivity contribution < 1.29 is 52.9 Å². The highest BCUT2D eigenvalue weighted by Crippen LogP contribution is 2.43. The number of esters is 1. The predicted octanol–water partition coefficient (Wildman–Crippen LogP) is -2.16. The first-order chi connectivity index (χ1) is 12.5. The number of aliphatic hydroxyl groups is 2. The van der Waals surface area contributed by atoms with Gasteiger partial charge in [0.1, 0.15) is 12.1 Å². The first kappa shape index (κ1) is 25.4. The minimum absolute atomic E-state index is 0.175. The van der Waals surface area contributed by atoms with Crippen molar-refractivity contribution in [3.8, 4) is 0 Å². The summed E-state index contributed by atoms with van der Waals surface area (Å²) in [5.74, 6) is -4.04. The SMILES string of the molecule is NCCCC[C@H](N)C(=O)OP(=O)(O)OCC(CO)OC(=O)C(O)CC(=O)O. The van der Waals surface area contributed by atoms with Crippen molar-refractivity contribution in [1.82, 2.24) is 0 Å². The second-order valence-electron chi connectivity index (χ2n) is 5.42. The van der Waals surface area contributed by atoms with Crippen LogP contribution in [-0.2, 0) is 32.7 Å². The molecule has 0 aliphatic rings. The first-order valence-corrected chi connectivity index (χ1v) is 9.39. The smallest absolute Gasteiger partial charge is 0.481 e. The molecule has 0 rings (SSSR count). The summed E-state index contributed by atoms with van der Waals surface area (Å²) in [7, 11) is -4.91. The molecule has 3 unspecified atom stereocenters. The van der Waals surface area contributed by atoms with Crippen molar-refractivity contribution in [2.45, 2.75) is 43.9 Å². The second kappa shape index (κ2) is 12.7. The molecule has 158 valence electrons. The molecule has 0 amide bonds. The van der Waals surface area contributed by atoms with E-state index in [1.165, 1.54) is 0 Å². The van der Waals surface area contributed by atoms with Crippen molar-refractivity contribution in [3.05, 3.63) is 0 Å². The molecular weight excluding hydrogens is 391 g/mol. The van der Waals surface area contributed by atoms with Gasteiger partial charge in [-0.2, -0.15) is 0 Å². The van der Waals surface area contributed by atoms with Crippen LogP contribution in [0.2, 0.25) is 0 Å². The number of phosphoric ester groups is 1. The van der Waals surface area contributed by atoms with E-state index in [-0.39, 0.29) is 6.42 Å². The number of rotatable bonds is 14. The Morgan fingerprint density at radius 1 is 1.15 bits per heavy atom. The van der Waals surface area contributed by atoms with Gasteiger partial charge >= 0.3 is 25.7 Å². The average Bonchev–Trinajstić information content (AvgIpc) is 2.57. The molecule has 0 aromatic carbocycles. The number of aliphatic carboxylic acids is 1. The maximum Gasteiger partial charge on any atom is 0.529 e. The van der Waals surface area contributed by atoms with Gasteiger partial charge in [-0.15, -0.1) is 0 Å². The van der Waals surface area contributed by atoms with Gasteiger partial charge in [0.15, 0.2) is 6.10 Å². The van der Waals surface area contributed by atoms with Gasteiger partial charge in [0.2, 0.25) is 0 Å². The van der Waals surface area contributed by atoms with Crippen LogP contribution in [0.5, 0.6) is 0 Å². The zero-order chi connectivity index (χ0) is 21.0. The number of aliphatic hydroxyl groups excluding tert-OH is 2. The van der Waals surface area contributed by atoms with E-state index < -0.39 is 63.6 Å². The number of carboxylic acids is 1. The van der Waals surface area contributed by atoms with Crippen LogP contribution in [0.1, 0.15) is 25.7 Å². The molecule has 14 heteroatoms. The summed E-state index contributed by atoms with van der Waals surface area (Å²) in [6.07, 6.45) is -3.17. The maximum atomic E-state index is 11.7. The Kier molecular flexibility index (Phi) is 12.0. The van der Waals surface area contributed by atoms with Crippen molar-refractivity contribution in [1.29, 1.82) is 0 Å². The lowest BCUT2D eigenvalue weighted by Gasteiger charge is -2.19. The molecule has 0 spiro atoms. The summed E-state index contributed by atoms with van der Waals surface area (Å²) in [6.45, 7) is -1.35. The third kappa shape index (κ3) is 11.7. The van der Waals surface area contributed by atoms with Crippen molar-refractivity contribution in [2.24, 2.45) is 11.5 Å². The van der Waals surface area contributed by atoms with Crippen LogP contribution in [0, 0.1) is 0 Å². The number of carbonyl (C=O) groups excluding carboxylic acids is 2. The van der Waals surface area contributed by atoms with E-state index in [0.717, 1.165) is 0 Å². The fraction of sp³-hybridized carbons (Fsp3) is 0.769. The van der Waals surface area contributed by atoms with Gasteiger partial charge in [0.25, 0.3) is 0 Å². The number of ether oxygens (including phenoxy) is 1. The lowest BCUT2D eigenvalue weighted by molar-refractivity contribution is -0.166. The average molecular weight is 416 g/mol. The third-order valence-corrected chi connectivity index (χ3v) is 3.91. The number of hydrogen-bond donors (Lipinski definition) is 6. The first-order valence-electron chi connectivity index (χ1n) is 7.90. The van der Waals surface area contributed by atoms with E-state index in [9.17, 15) is 28.9 Å². The summed E-state index contributed by atoms with van der Waals surface area (Å²) in [6, 6.07) is -1.17. The van der Waals surface area contributed by atoms with Gasteiger partial charge in [-0.1, -0.05) is 6.42 Å². The molecule has 4 atom stereocenters. The number of hydrogen-bond acceptors (Lipinski definition) is 11. The van der Waals surface area contributed by atoms with Gasteiger partial charge in [-0.3, -0.25) is 14.2 Å². The molecule has 0 fully saturated rings. The van der Waals surface area contributed by atoms with Crippen molar-refractivity contribution in [2.75, 3.05) is 19.8 Å². The molecule has 0 aromatic heterocycles. The van der Waals surface area contributed by atoms with Crippen molar-refractivity contribution in [3.63, 3.8) is 0 Å². The number of unbranched alkanes of at least 4 members (excludes halogenated alkanes) is 1. The number of phosphoric acid groups is 1. The van der Waals surface area contributed by atoms with Crippen LogP contribution in [0.4, 0.5) is 0 Å². The van der Waals surface area contributed by atoms with Crippen LogP contribution < -0.4 is 11.5 Å². The van der Waals surface area contributed by atoms with Crippen LogP contribution in [-0.4, -0.2) is 76.1 Å². The normalized spacial score (nSPS) is 16.6. The third-order valence-electron chi connectivity index (χ3n) is 3.03. The lowest BCUT2D eigenvalue weighted by atomic mass is 10.1. The fourth-order valence-electron chi connectivity index (χ4n) is 1.63. The second-order valence-corrected chi connectivity index (χ2v) is 6.80. The molecule has 27 heavy (non-hydrogen) atoms. The molecular formula is C13H25N2O11P. The molecule has 0 aliphatic heterocycles. The predicted molar refractivity (Wildman–Crippen MR) is 88.0 cm³/mol. The van der Waals surface area contributed by atoms with E-state index in [1.54, 1.807) is 0 Å². The van der Waals surface area contributed by atoms with Crippen LogP contribution >= 0.6 is 7.82 Å². The molecule has 13 nitrogen and oxygen atoms in total. The summed E-state index contributed by atoms with van der Waals surface area (Å²) in [5, 5.41) is 26.8. The highest BCUT2D eigenvalue weighted by molar-refractivity contribution is 7.48. The minimum Gasteiger partial charge on any atom is -0.481 e.